The topological polar surface area (TPSA) is 35.5 Å². The molecular formula is C10H11BO3. The van der Waals surface area contributed by atoms with Crippen LogP contribution in [0.3, 0.4) is 0 Å². The number of ether oxygens (including phenoxy) is 1. The highest BCUT2D eigenvalue weighted by Crippen LogP contribution is 2.02. The summed E-state index contributed by atoms with van der Waals surface area (Å²) in [6.07, 6.45) is 0.802. The highest BCUT2D eigenvalue weighted by Gasteiger charge is 1.98. The molecule has 0 heterocycles. The van der Waals surface area contributed by atoms with Crippen molar-refractivity contribution in [2.45, 2.75) is 12.8 Å². The Hall–Kier alpha value is -1.45. The zero-order valence-corrected chi connectivity index (χ0v) is 7.81. The van der Waals surface area contributed by atoms with E-state index in [4.69, 9.17) is 0 Å². The van der Waals surface area contributed by atoms with Gasteiger partial charge in [0.05, 0.1) is 6.61 Å². The molecule has 1 aromatic rings. The SMILES string of the molecule is [B]OC(=O)OCCCc1ccccc1. The normalized spacial score (nSPS) is 9.43. The van der Waals surface area contributed by atoms with E-state index >= 15 is 0 Å². The Kier molecular flexibility index (Phi) is 4.62. The number of carbonyl (C=O) groups is 1. The Morgan fingerprint density at radius 3 is 2.64 bits per heavy atom. The molecule has 0 unspecified atom stereocenters. The molecule has 0 amide bonds. The lowest BCUT2D eigenvalue weighted by molar-refractivity contribution is 0.101. The molecule has 0 saturated heterocycles. The molecule has 3 nitrogen and oxygen atoms in total. The average Bonchev–Trinajstić information content (AvgIpc) is 2.25. The molecule has 0 aliphatic heterocycles. The van der Waals surface area contributed by atoms with E-state index in [0.717, 1.165) is 12.8 Å². The van der Waals surface area contributed by atoms with Crippen LogP contribution in [0.25, 0.3) is 0 Å². The van der Waals surface area contributed by atoms with Gasteiger partial charge < -0.3 is 9.39 Å². The second kappa shape index (κ2) is 6.08. The van der Waals surface area contributed by atoms with Crippen LogP contribution in [0.1, 0.15) is 12.0 Å². The van der Waals surface area contributed by atoms with E-state index in [1.54, 1.807) is 0 Å². The minimum Gasteiger partial charge on any atom is -0.513 e. The summed E-state index contributed by atoms with van der Waals surface area (Å²) in [5, 5.41) is 0. The van der Waals surface area contributed by atoms with E-state index in [1.807, 2.05) is 30.3 Å². The van der Waals surface area contributed by atoms with Gasteiger partial charge in [0.25, 0.3) is 0 Å². The molecule has 0 atom stereocenters. The largest absolute Gasteiger partial charge is 0.513 e. The van der Waals surface area contributed by atoms with Crippen LogP contribution in [0.15, 0.2) is 30.3 Å². The lowest BCUT2D eigenvalue weighted by Crippen LogP contribution is -2.06. The van der Waals surface area contributed by atoms with Crippen molar-refractivity contribution in [3.8, 4) is 0 Å². The van der Waals surface area contributed by atoms with Crippen molar-refractivity contribution >= 4 is 14.2 Å². The lowest BCUT2D eigenvalue weighted by atomic mass is 10.1. The van der Waals surface area contributed by atoms with Crippen LogP contribution in [0, 0.1) is 0 Å². The van der Waals surface area contributed by atoms with Crippen LogP contribution < -0.4 is 0 Å². The van der Waals surface area contributed by atoms with Crippen LogP contribution in [0.2, 0.25) is 0 Å². The molecule has 1 rings (SSSR count). The van der Waals surface area contributed by atoms with Crippen LogP contribution in [-0.2, 0) is 15.8 Å². The summed E-state index contributed by atoms with van der Waals surface area (Å²) in [5.41, 5.74) is 1.22. The molecule has 14 heavy (non-hydrogen) atoms. The van der Waals surface area contributed by atoms with Gasteiger partial charge in [-0.05, 0) is 18.4 Å². The van der Waals surface area contributed by atoms with Crippen molar-refractivity contribution in [3.63, 3.8) is 0 Å². The van der Waals surface area contributed by atoms with E-state index in [9.17, 15) is 4.79 Å². The maximum Gasteiger partial charge on any atom is 0.489 e. The van der Waals surface area contributed by atoms with Crippen LogP contribution in [0.4, 0.5) is 4.79 Å². The molecule has 1 aromatic carbocycles. The second-order valence-electron chi connectivity index (χ2n) is 2.81. The van der Waals surface area contributed by atoms with Gasteiger partial charge >= 0.3 is 14.2 Å². The zero-order chi connectivity index (χ0) is 10.2. The molecule has 0 saturated carbocycles. The van der Waals surface area contributed by atoms with Gasteiger partial charge in [-0.1, -0.05) is 30.3 Å². The average molecular weight is 190 g/mol. The van der Waals surface area contributed by atoms with Crippen molar-refractivity contribution in [1.29, 1.82) is 0 Å². The van der Waals surface area contributed by atoms with Crippen LogP contribution >= 0.6 is 0 Å². The van der Waals surface area contributed by atoms with Crippen LogP contribution in [0.5, 0.6) is 0 Å². The number of hydrogen-bond donors (Lipinski definition) is 0. The number of hydrogen-bond acceptors (Lipinski definition) is 3. The monoisotopic (exact) mass is 190 g/mol. The van der Waals surface area contributed by atoms with E-state index in [1.165, 1.54) is 5.56 Å². The molecule has 0 fully saturated rings. The van der Waals surface area contributed by atoms with Crippen molar-refractivity contribution < 1.29 is 14.2 Å². The third-order valence-corrected chi connectivity index (χ3v) is 1.77. The molecule has 0 N–H and O–H groups in total. The van der Waals surface area contributed by atoms with E-state index < -0.39 is 6.16 Å². The summed E-state index contributed by atoms with van der Waals surface area (Å²) < 4.78 is 8.47. The standard InChI is InChI=1S/C10H11BO3/c11-14-10(12)13-8-4-7-9-5-2-1-3-6-9/h1-3,5-6H,4,7-8H2. The van der Waals surface area contributed by atoms with Gasteiger partial charge in [-0.2, -0.15) is 0 Å². The van der Waals surface area contributed by atoms with Crippen molar-refractivity contribution in [2.24, 2.45) is 0 Å². The van der Waals surface area contributed by atoms with Gasteiger partial charge in [0.2, 0.25) is 0 Å². The van der Waals surface area contributed by atoms with Gasteiger partial charge in [-0.15, -0.1) is 0 Å². The molecule has 0 bridgehead atoms. The number of rotatable bonds is 4. The van der Waals surface area contributed by atoms with E-state index in [-0.39, 0.29) is 0 Å². The summed E-state index contributed by atoms with van der Waals surface area (Å²) in [6.45, 7) is 0.324. The number of benzene rings is 1. The summed E-state index contributed by atoms with van der Waals surface area (Å²) >= 11 is 0. The fourth-order valence-electron chi connectivity index (χ4n) is 1.11. The van der Waals surface area contributed by atoms with E-state index in [2.05, 4.69) is 17.4 Å². The third-order valence-electron chi connectivity index (χ3n) is 1.77. The molecule has 2 radical (unpaired) electrons. The highest BCUT2D eigenvalue weighted by atomic mass is 16.7. The predicted octanol–water partition coefficient (Wildman–Crippen LogP) is 1.86. The Labute approximate surface area is 84.5 Å². The fourth-order valence-corrected chi connectivity index (χ4v) is 1.11. The Morgan fingerprint density at radius 1 is 1.29 bits per heavy atom. The van der Waals surface area contributed by atoms with Crippen molar-refractivity contribution in [3.05, 3.63) is 35.9 Å². The van der Waals surface area contributed by atoms with Crippen molar-refractivity contribution in [1.82, 2.24) is 0 Å². The van der Waals surface area contributed by atoms with Gasteiger partial charge in [-0.3, -0.25) is 0 Å². The summed E-state index contributed by atoms with van der Waals surface area (Å²) in [6, 6.07) is 9.98. The molecule has 72 valence electrons. The van der Waals surface area contributed by atoms with E-state index in [0.29, 0.717) is 6.61 Å². The third kappa shape index (κ3) is 3.98. The first-order chi connectivity index (χ1) is 6.83. The maximum absolute atomic E-state index is 10.5. The smallest absolute Gasteiger partial charge is 0.489 e. The molecule has 0 spiro atoms. The van der Waals surface area contributed by atoms with Gasteiger partial charge in [0, 0.05) is 0 Å². The van der Waals surface area contributed by atoms with Gasteiger partial charge in [0.15, 0.2) is 0 Å². The highest BCUT2D eigenvalue weighted by molar-refractivity contribution is 6.04. The van der Waals surface area contributed by atoms with Gasteiger partial charge in [0.1, 0.15) is 0 Å². The fraction of sp³-hybridized carbons (Fsp3) is 0.300. The molecule has 4 heteroatoms. The molecule has 0 aromatic heterocycles. The Bertz CT molecular complexity index is 274. The maximum atomic E-state index is 10.5. The number of aryl methyl sites for hydroxylation is 1. The van der Waals surface area contributed by atoms with Crippen molar-refractivity contribution in [2.75, 3.05) is 6.61 Å². The summed E-state index contributed by atoms with van der Waals surface area (Å²) in [5.74, 6) is 0. The summed E-state index contributed by atoms with van der Waals surface area (Å²) in [7, 11) is 4.59. The zero-order valence-electron chi connectivity index (χ0n) is 7.81. The molecular weight excluding hydrogens is 179 g/mol. The Morgan fingerprint density at radius 2 is 2.00 bits per heavy atom. The first kappa shape index (κ1) is 10.6. The first-order valence-electron chi connectivity index (χ1n) is 4.40. The predicted molar refractivity (Wildman–Crippen MR) is 53.0 cm³/mol. The first-order valence-corrected chi connectivity index (χ1v) is 4.40. The second-order valence-corrected chi connectivity index (χ2v) is 2.81. The Balaban J connectivity index is 2.13. The number of carbonyl (C=O) groups excluding carboxylic acids is 1. The quantitative estimate of drug-likeness (QED) is 0.413. The molecule has 0 aliphatic rings. The minimum atomic E-state index is -0.835. The van der Waals surface area contributed by atoms with Crippen LogP contribution in [-0.4, -0.2) is 20.8 Å². The minimum absolute atomic E-state index is 0.324. The molecule has 0 aliphatic carbocycles. The lowest BCUT2D eigenvalue weighted by Gasteiger charge is -2.03. The van der Waals surface area contributed by atoms with Gasteiger partial charge in [-0.25, -0.2) is 4.79 Å². The summed E-state index contributed by atoms with van der Waals surface area (Å²) in [4.78, 5) is 10.5.